The molecule has 0 unspecified atom stereocenters. The van der Waals surface area contributed by atoms with Crippen molar-refractivity contribution in [1.82, 2.24) is 4.98 Å². The molecule has 1 N–H and O–H groups in total. The van der Waals surface area contributed by atoms with E-state index in [1.54, 1.807) is 11.3 Å². The SMILES string of the molecule is CC(C)(C)[Si](C)(C)OCc1sc2cnccc2c1Nc1ccc2c(c1)CC/C2=N\O[Si](C)(C)C(C)(C)C. The van der Waals surface area contributed by atoms with Crippen molar-refractivity contribution in [2.24, 2.45) is 5.16 Å². The molecule has 0 saturated carbocycles. The van der Waals surface area contributed by atoms with E-state index in [-0.39, 0.29) is 10.1 Å². The van der Waals surface area contributed by atoms with Gasteiger partial charge >= 0.3 is 0 Å². The molecule has 0 aliphatic heterocycles. The smallest absolute Gasteiger partial charge is 0.286 e. The molecule has 200 valence electrons. The molecule has 2 heterocycles. The number of aromatic nitrogens is 1. The summed E-state index contributed by atoms with van der Waals surface area (Å²) in [6.07, 6.45) is 5.73. The Morgan fingerprint density at radius 3 is 2.35 bits per heavy atom. The molecule has 3 aromatic rings. The monoisotopic (exact) mass is 553 g/mol. The van der Waals surface area contributed by atoms with Crippen LogP contribution in [0.2, 0.25) is 36.3 Å². The summed E-state index contributed by atoms with van der Waals surface area (Å²) in [5, 5.41) is 9.92. The topological polar surface area (TPSA) is 55.7 Å². The van der Waals surface area contributed by atoms with Gasteiger partial charge in [0.05, 0.1) is 27.6 Å². The Bertz CT molecular complexity index is 1320. The van der Waals surface area contributed by atoms with Gasteiger partial charge in [0.1, 0.15) is 0 Å². The predicted molar refractivity (Wildman–Crippen MR) is 164 cm³/mol. The highest BCUT2D eigenvalue weighted by atomic mass is 32.1. The maximum Gasteiger partial charge on any atom is 0.286 e. The van der Waals surface area contributed by atoms with Gasteiger partial charge in [0.15, 0.2) is 8.32 Å². The van der Waals surface area contributed by atoms with E-state index in [0.717, 1.165) is 29.9 Å². The van der Waals surface area contributed by atoms with Crippen molar-refractivity contribution in [2.45, 2.75) is 97.3 Å². The second-order valence-electron chi connectivity index (χ2n) is 13.2. The Labute approximate surface area is 228 Å². The van der Waals surface area contributed by atoms with Crippen molar-refractivity contribution in [3.05, 3.63) is 52.7 Å². The third kappa shape index (κ3) is 5.87. The zero-order valence-electron chi connectivity index (χ0n) is 24.2. The highest BCUT2D eigenvalue weighted by molar-refractivity contribution is 7.19. The summed E-state index contributed by atoms with van der Waals surface area (Å²) in [4.78, 5) is 5.58. The van der Waals surface area contributed by atoms with Crippen LogP contribution in [0.25, 0.3) is 10.1 Å². The second-order valence-corrected chi connectivity index (χ2v) is 23.9. The van der Waals surface area contributed by atoms with Crippen molar-refractivity contribution < 1.29 is 8.95 Å². The first-order valence-corrected chi connectivity index (χ1v) is 19.9. The molecule has 4 rings (SSSR count). The number of aryl methyl sites for hydroxylation is 1. The van der Waals surface area contributed by atoms with Crippen LogP contribution in [0.15, 0.2) is 41.8 Å². The second kappa shape index (κ2) is 9.95. The molecule has 1 aliphatic rings. The van der Waals surface area contributed by atoms with Gasteiger partial charge in [-0.25, -0.2) is 0 Å². The summed E-state index contributed by atoms with van der Waals surface area (Å²) < 4.78 is 14.0. The molecule has 5 nitrogen and oxygen atoms in total. The molecule has 0 bridgehead atoms. The summed E-state index contributed by atoms with van der Waals surface area (Å²) in [6, 6.07) is 8.73. The number of rotatable bonds is 7. The zero-order chi connectivity index (χ0) is 27.2. The van der Waals surface area contributed by atoms with E-state index in [1.165, 1.54) is 26.1 Å². The molecule has 1 aliphatic carbocycles. The molecule has 0 atom stereocenters. The third-order valence-electron chi connectivity index (χ3n) is 8.44. The number of anilines is 2. The Morgan fingerprint density at radius 1 is 0.973 bits per heavy atom. The highest BCUT2D eigenvalue weighted by Crippen LogP contribution is 2.42. The number of nitrogens with zero attached hydrogens (tertiary/aromatic N) is 2. The van der Waals surface area contributed by atoms with Crippen molar-refractivity contribution in [3.8, 4) is 0 Å². The average molecular weight is 554 g/mol. The summed E-state index contributed by atoms with van der Waals surface area (Å²) in [7, 11) is -3.79. The van der Waals surface area contributed by atoms with Crippen LogP contribution in [-0.2, 0) is 22.0 Å². The molecule has 0 saturated heterocycles. The van der Waals surface area contributed by atoms with Crippen LogP contribution in [0.3, 0.4) is 0 Å². The van der Waals surface area contributed by atoms with Gasteiger partial charge in [-0.05, 0) is 72.9 Å². The summed E-state index contributed by atoms with van der Waals surface area (Å²) >= 11 is 1.77. The number of pyridine rings is 1. The van der Waals surface area contributed by atoms with Crippen LogP contribution in [0.1, 0.15) is 64.0 Å². The summed E-state index contributed by atoms with van der Waals surface area (Å²) in [5.41, 5.74) is 5.83. The average Bonchev–Trinajstić information content (AvgIpc) is 3.36. The Morgan fingerprint density at radius 2 is 1.68 bits per heavy atom. The van der Waals surface area contributed by atoms with Crippen LogP contribution in [0.4, 0.5) is 11.4 Å². The van der Waals surface area contributed by atoms with Crippen LogP contribution in [0, 0.1) is 0 Å². The van der Waals surface area contributed by atoms with Gasteiger partial charge in [0, 0.05) is 29.0 Å². The Hall–Kier alpha value is -2.01. The summed E-state index contributed by atoms with van der Waals surface area (Å²) in [6.45, 7) is 23.3. The van der Waals surface area contributed by atoms with E-state index in [9.17, 15) is 0 Å². The number of hydrogen-bond donors (Lipinski definition) is 1. The molecule has 0 fully saturated rings. The quantitative estimate of drug-likeness (QED) is 0.234. The number of nitrogens with one attached hydrogen (secondary N) is 1. The zero-order valence-corrected chi connectivity index (χ0v) is 27.0. The van der Waals surface area contributed by atoms with Gasteiger partial charge in [-0.2, -0.15) is 0 Å². The maximum absolute atomic E-state index is 6.62. The lowest BCUT2D eigenvalue weighted by Crippen LogP contribution is -2.40. The molecule has 8 heteroatoms. The van der Waals surface area contributed by atoms with E-state index in [4.69, 9.17) is 8.95 Å². The number of benzene rings is 1. The molecular weight excluding hydrogens is 511 g/mol. The van der Waals surface area contributed by atoms with E-state index in [1.807, 2.05) is 12.4 Å². The van der Waals surface area contributed by atoms with Gasteiger partial charge in [0.2, 0.25) is 0 Å². The van der Waals surface area contributed by atoms with E-state index < -0.39 is 16.6 Å². The molecule has 0 radical (unpaired) electrons. The van der Waals surface area contributed by atoms with Crippen LogP contribution in [0.5, 0.6) is 0 Å². The van der Waals surface area contributed by atoms with E-state index >= 15 is 0 Å². The molecule has 2 aromatic heterocycles. The lowest BCUT2D eigenvalue weighted by Gasteiger charge is -2.36. The molecule has 1 aromatic carbocycles. The molecular formula is C29H43N3O2SSi2. The fourth-order valence-electron chi connectivity index (χ4n) is 3.80. The van der Waals surface area contributed by atoms with Gasteiger partial charge < -0.3 is 14.3 Å². The van der Waals surface area contributed by atoms with Gasteiger partial charge in [-0.15, -0.1) is 16.5 Å². The van der Waals surface area contributed by atoms with Gasteiger partial charge in [-0.1, -0.05) is 47.6 Å². The summed E-state index contributed by atoms with van der Waals surface area (Å²) in [5.74, 6) is 0. The van der Waals surface area contributed by atoms with Crippen LogP contribution < -0.4 is 5.32 Å². The van der Waals surface area contributed by atoms with Gasteiger partial charge in [0.25, 0.3) is 8.32 Å². The number of thiophene rings is 1. The molecule has 0 amide bonds. The van der Waals surface area contributed by atoms with Crippen LogP contribution >= 0.6 is 11.3 Å². The lowest BCUT2D eigenvalue weighted by molar-refractivity contribution is 0.280. The van der Waals surface area contributed by atoms with Crippen molar-refractivity contribution in [3.63, 3.8) is 0 Å². The van der Waals surface area contributed by atoms with Gasteiger partial charge in [-0.3, -0.25) is 4.98 Å². The minimum Gasteiger partial charge on any atom is -0.455 e. The third-order valence-corrected chi connectivity index (χ3v) is 18.2. The molecule has 0 spiro atoms. The minimum atomic E-state index is -1.93. The first kappa shape index (κ1) is 28.0. The number of hydrogen-bond acceptors (Lipinski definition) is 6. The van der Waals surface area contributed by atoms with Crippen molar-refractivity contribution >= 4 is 55.1 Å². The fraction of sp³-hybridized carbons (Fsp3) is 0.517. The maximum atomic E-state index is 6.62. The van der Waals surface area contributed by atoms with Crippen LogP contribution in [-0.4, -0.2) is 27.3 Å². The first-order chi connectivity index (χ1) is 17.1. The number of oxime groups is 1. The Kier molecular flexibility index (Phi) is 7.53. The fourth-order valence-corrected chi connectivity index (χ4v) is 6.49. The Balaban J connectivity index is 1.59. The standard InChI is InChI=1S/C29H43N3O2SSi2/c1-28(2,3)36(7,8)33-19-26-27(23-15-16-30-18-25(23)35-26)31-21-12-13-22-20(17-21)11-14-24(22)32-34-37(9,10)29(4,5)6/h12-13,15-18,31H,11,14,19H2,1-10H3/b32-24+. The van der Waals surface area contributed by atoms with E-state index in [2.05, 4.69) is 107 Å². The molecule has 37 heavy (non-hydrogen) atoms. The first-order valence-electron chi connectivity index (χ1n) is 13.2. The number of fused-ring (bicyclic) bond motifs is 2. The normalized spacial score (nSPS) is 15.9. The predicted octanol–water partition coefficient (Wildman–Crippen LogP) is 9.23. The largest absolute Gasteiger partial charge is 0.455 e. The minimum absolute atomic E-state index is 0.136. The lowest BCUT2D eigenvalue weighted by atomic mass is 10.1. The van der Waals surface area contributed by atoms with Crippen molar-refractivity contribution in [2.75, 3.05) is 5.32 Å². The van der Waals surface area contributed by atoms with Crippen molar-refractivity contribution in [1.29, 1.82) is 0 Å². The highest BCUT2D eigenvalue weighted by Gasteiger charge is 2.40. The van der Waals surface area contributed by atoms with E-state index in [0.29, 0.717) is 6.61 Å².